The van der Waals surface area contributed by atoms with Gasteiger partial charge in [0, 0.05) is 75.5 Å². The van der Waals surface area contributed by atoms with Gasteiger partial charge in [-0.05, 0) is 6.07 Å². The van der Waals surface area contributed by atoms with Crippen LogP contribution in [0.1, 0.15) is 5.69 Å². The van der Waals surface area contributed by atoms with Crippen LogP contribution in [-0.2, 0) is 22.7 Å². The Bertz CT molecular complexity index is 1480. The summed E-state index contributed by atoms with van der Waals surface area (Å²) >= 11 is 0. The number of nitrogens with one attached hydrogen (secondary N) is 1. The molecule has 0 unspecified atom stereocenters. The summed E-state index contributed by atoms with van der Waals surface area (Å²) in [5.74, 6) is -0.786. The number of aliphatic hydroxyl groups excluding tert-OH is 1. The number of β-amino-alcohol motifs (C(OH)–C–C–N with tert-alkyl or cyclic N) is 1. The third-order valence-corrected chi connectivity index (χ3v) is 6.61. The van der Waals surface area contributed by atoms with E-state index in [4.69, 9.17) is 24.4 Å². The van der Waals surface area contributed by atoms with Crippen LogP contribution in [0.3, 0.4) is 0 Å². The van der Waals surface area contributed by atoms with E-state index in [1.165, 1.54) is 6.07 Å². The van der Waals surface area contributed by atoms with Gasteiger partial charge in [-0.25, -0.2) is 9.59 Å². The van der Waals surface area contributed by atoms with E-state index in [2.05, 4.69) is 25.4 Å². The minimum atomic E-state index is -1.26. The van der Waals surface area contributed by atoms with Gasteiger partial charge in [0.1, 0.15) is 19.0 Å². The number of carboxylic acids is 2. The summed E-state index contributed by atoms with van der Waals surface area (Å²) in [6.07, 6.45) is 2.32. The molecule has 42 heavy (non-hydrogen) atoms. The zero-order valence-electron chi connectivity index (χ0n) is 22.9. The summed E-state index contributed by atoms with van der Waals surface area (Å²) in [7, 11) is 1.58. The summed E-state index contributed by atoms with van der Waals surface area (Å²) in [6.45, 7) is 4.61. The third kappa shape index (κ3) is 8.22. The number of fused-ring (bicyclic) bond motifs is 2. The molecule has 4 N–H and O–H groups in total. The molecule has 0 aromatic carbocycles. The standard InChI is InChI=1S/C23H28N6O5.C4H4O4/c1-32-17-9-19-18(25-12-17)2-3-22(31)29(19)5-4-28-13-15(20(30)14-28)10-24-11-16-8-21-23(27-26-16)34-7-6-33-21;5-3(6)1-2-4(7)8/h2-3,8-9,12,15,20,24,30H,4-7,10-11,13-14H2,1H3;1-2H,(H,5,6)(H,7,8)/t15-,20+;/m0./s1. The molecule has 224 valence electrons. The summed E-state index contributed by atoms with van der Waals surface area (Å²) in [5.41, 5.74) is 2.16. The van der Waals surface area contributed by atoms with E-state index in [9.17, 15) is 19.5 Å². The fourth-order valence-electron chi connectivity index (χ4n) is 4.57. The van der Waals surface area contributed by atoms with Crippen LogP contribution in [0.5, 0.6) is 17.4 Å². The molecule has 0 radical (unpaired) electrons. The zero-order chi connectivity index (χ0) is 30.1. The number of aromatic nitrogens is 4. The third-order valence-electron chi connectivity index (χ3n) is 6.61. The number of methoxy groups -OCH3 is 1. The Kier molecular flexibility index (Phi) is 10.4. The molecule has 1 saturated heterocycles. The maximum Gasteiger partial charge on any atom is 0.328 e. The van der Waals surface area contributed by atoms with Crippen LogP contribution >= 0.6 is 0 Å². The maximum atomic E-state index is 12.5. The van der Waals surface area contributed by atoms with Crippen molar-refractivity contribution in [1.82, 2.24) is 30.0 Å². The number of pyridine rings is 2. The molecule has 3 aromatic heterocycles. The van der Waals surface area contributed by atoms with E-state index in [-0.39, 0.29) is 11.5 Å². The number of hydrogen-bond donors (Lipinski definition) is 4. The van der Waals surface area contributed by atoms with E-state index in [1.54, 1.807) is 23.9 Å². The van der Waals surface area contributed by atoms with E-state index in [0.29, 0.717) is 75.5 Å². The SMILES string of the molecule is COc1cnc2ccc(=O)n(CCN3C[C@H](CNCc4cc5c(nn4)OCCO5)[C@H](O)C3)c2c1.O=C(O)C=CC(=O)O. The highest BCUT2D eigenvalue weighted by Crippen LogP contribution is 2.26. The molecule has 2 aliphatic rings. The van der Waals surface area contributed by atoms with Gasteiger partial charge in [-0.2, -0.15) is 5.10 Å². The highest BCUT2D eigenvalue weighted by molar-refractivity contribution is 5.89. The number of nitrogens with zero attached hydrogens (tertiary/aromatic N) is 5. The molecule has 0 aliphatic carbocycles. The molecule has 3 aromatic rings. The second-order valence-corrected chi connectivity index (χ2v) is 9.53. The second-order valence-electron chi connectivity index (χ2n) is 9.53. The number of rotatable bonds is 10. The van der Waals surface area contributed by atoms with E-state index in [0.717, 1.165) is 23.3 Å². The average Bonchev–Trinajstić information content (AvgIpc) is 3.34. The van der Waals surface area contributed by atoms with Crippen molar-refractivity contribution < 1.29 is 39.1 Å². The number of likely N-dealkylation sites (tertiary alicyclic amines) is 1. The van der Waals surface area contributed by atoms with Crippen molar-refractivity contribution in [3.05, 3.63) is 58.7 Å². The lowest BCUT2D eigenvalue weighted by molar-refractivity contribution is -0.134. The molecule has 0 amide bonds. The van der Waals surface area contributed by atoms with Crippen molar-refractivity contribution in [3.63, 3.8) is 0 Å². The first-order valence-electron chi connectivity index (χ1n) is 13.1. The molecule has 2 aliphatic heterocycles. The molecule has 15 nitrogen and oxygen atoms in total. The van der Waals surface area contributed by atoms with Crippen LogP contribution in [0.15, 0.2) is 47.4 Å². The Hall–Kier alpha value is -4.60. The molecule has 5 rings (SSSR count). The van der Waals surface area contributed by atoms with Crippen LogP contribution < -0.4 is 25.1 Å². The second kappa shape index (κ2) is 14.3. The van der Waals surface area contributed by atoms with Crippen molar-refractivity contribution in [3.8, 4) is 17.4 Å². The quantitative estimate of drug-likeness (QED) is 0.228. The van der Waals surface area contributed by atoms with Gasteiger partial charge >= 0.3 is 11.9 Å². The smallest absolute Gasteiger partial charge is 0.328 e. The summed E-state index contributed by atoms with van der Waals surface area (Å²) in [5, 5.41) is 37.8. The molecular formula is C27H32N6O9. The van der Waals surface area contributed by atoms with Crippen molar-refractivity contribution in [1.29, 1.82) is 0 Å². The molecule has 1 fully saturated rings. The fraction of sp³-hybridized carbons (Fsp3) is 0.407. The lowest BCUT2D eigenvalue weighted by Gasteiger charge is -2.18. The van der Waals surface area contributed by atoms with Crippen LogP contribution in [0.2, 0.25) is 0 Å². The predicted molar refractivity (Wildman–Crippen MR) is 148 cm³/mol. The predicted octanol–water partition coefficient (Wildman–Crippen LogP) is -0.239. The molecule has 0 spiro atoms. The van der Waals surface area contributed by atoms with Gasteiger partial charge in [0.2, 0.25) is 0 Å². The van der Waals surface area contributed by atoms with Crippen LogP contribution in [-0.4, -0.2) is 105 Å². The van der Waals surface area contributed by atoms with Gasteiger partial charge in [-0.15, -0.1) is 5.10 Å². The summed E-state index contributed by atoms with van der Waals surface area (Å²) in [6, 6.07) is 6.92. The number of carbonyl (C=O) groups is 2. The highest BCUT2D eigenvalue weighted by Gasteiger charge is 2.30. The van der Waals surface area contributed by atoms with Gasteiger partial charge in [0.25, 0.3) is 11.4 Å². The Morgan fingerprint density at radius 2 is 1.86 bits per heavy atom. The maximum absolute atomic E-state index is 12.5. The molecule has 5 heterocycles. The Morgan fingerprint density at radius 3 is 2.60 bits per heavy atom. The first-order chi connectivity index (χ1) is 20.2. The average molecular weight is 585 g/mol. The molecular weight excluding hydrogens is 552 g/mol. The topological polar surface area (TPSA) is 198 Å². The first-order valence-corrected chi connectivity index (χ1v) is 13.1. The number of ether oxygens (including phenoxy) is 3. The highest BCUT2D eigenvalue weighted by atomic mass is 16.6. The monoisotopic (exact) mass is 584 g/mol. The zero-order valence-corrected chi connectivity index (χ0v) is 22.9. The Morgan fingerprint density at radius 1 is 1.10 bits per heavy atom. The lowest BCUT2D eigenvalue weighted by Crippen LogP contribution is -2.31. The van der Waals surface area contributed by atoms with Crippen LogP contribution in [0, 0.1) is 5.92 Å². The van der Waals surface area contributed by atoms with Gasteiger partial charge in [0.15, 0.2) is 5.75 Å². The normalized spacial score (nSPS) is 18.0. The van der Waals surface area contributed by atoms with Gasteiger partial charge in [0.05, 0.1) is 36.1 Å². The largest absolute Gasteiger partial charge is 0.495 e. The molecule has 0 saturated carbocycles. The molecule has 0 bridgehead atoms. The number of aliphatic hydroxyl groups is 1. The van der Waals surface area contributed by atoms with Crippen molar-refractivity contribution in [2.24, 2.45) is 5.92 Å². The van der Waals surface area contributed by atoms with E-state index >= 15 is 0 Å². The van der Waals surface area contributed by atoms with Crippen molar-refractivity contribution in [2.75, 3.05) is 46.5 Å². The van der Waals surface area contributed by atoms with Gasteiger partial charge in [-0.1, -0.05) is 0 Å². The molecule has 15 heteroatoms. The number of hydrogen-bond acceptors (Lipinski definition) is 12. The van der Waals surface area contributed by atoms with Crippen molar-refractivity contribution in [2.45, 2.75) is 19.2 Å². The lowest BCUT2D eigenvalue weighted by atomic mass is 10.1. The fourth-order valence-corrected chi connectivity index (χ4v) is 4.57. The van der Waals surface area contributed by atoms with Crippen LogP contribution in [0.25, 0.3) is 11.0 Å². The van der Waals surface area contributed by atoms with Crippen LogP contribution in [0.4, 0.5) is 0 Å². The van der Waals surface area contributed by atoms with Gasteiger partial charge in [-0.3, -0.25) is 14.7 Å². The van der Waals surface area contributed by atoms with Crippen molar-refractivity contribution >= 4 is 23.0 Å². The Labute approximate surface area is 240 Å². The first kappa shape index (κ1) is 30.4. The number of carboxylic acid groups (broad SMARTS) is 2. The number of aliphatic carboxylic acids is 2. The van der Waals surface area contributed by atoms with E-state index in [1.807, 2.05) is 12.1 Å². The molecule has 2 atom stereocenters. The summed E-state index contributed by atoms with van der Waals surface area (Å²) in [4.78, 5) is 38.2. The van der Waals surface area contributed by atoms with E-state index < -0.39 is 18.0 Å². The Balaban J connectivity index is 0.000000446. The minimum absolute atomic E-state index is 0.0798. The minimum Gasteiger partial charge on any atom is -0.495 e. The van der Waals surface area contributed by atoms with Gasteiger partial charge < -0.3 is 39.4 Å². The summed E-state index contributed by atoms with van der Waals surface area (Å²) < 4.78 is 17.9.